The van der Waals surface area contributed by atoms with E-state index in [1.54, 1.807) is 6.20 Å². The Hall–Kier alpha value is -0.370. The van der Waals surface area contributed by atoms with Crippen molar-refractivity contribution in [1.29, 1.82) is 0 Å². The molecule has 0 amide bonds. The minimum atomic E-state index is 0.984. The third kappa shape index (κ3) is 2.61. The van der Waals surface area contributed by atoms with Crippen molar-refractivity contribution in [2.45, 2.75) is 20.8 Å². The maximum Gasteiger partial charge on any atom is 0.00699 e. The summed E-state index contributed by atoms with van der Waals surface area (Å²) in [6.45, 7) is 5.96. The van der Waals surface area contributed by atoms with E-state index in [-0.39, 0.29) is 0 Å². The van der Waals surface area contributed by atoms with E-state index in [9.17, 15) is 0 Å². The summed E-state index contributed by atoms with van der Waals surface area (Å²) in [4.78, 5) is 0.984. The molecule has 0 radical (unpaired) electrons. The molecular weight excluding hydrogens is 130 g/mol. The van der Waals surface area contributed by atoms with Crippen molar-refractivity contribution in [3.63, 3.8) is 0 Å². The van der Waals surface area contributed by atoms with E-state index in [0.29, 0.717) is 0 Å². The highest BCUT2D eigenvalue weighted by molar-refractivity contribution is 7.84. The van der Waals surface area contributed by atoms with Gasteiger partial charge in [0.1, 0.15) is 0 Å². The molecule has 52 valence electrons. The molecule has 0 spiro atoms. The van der Waals surface area contributed by atoms with Crippen LogP contribution in [0.5, 0.6) is 0 Å². The van der Waals surface area contributed by atoms with Gasteiger partial charge in [0.15, 0.2) is 0 Å². The predicted molar refractivity (Wildman–Crippen MR) is 45.3 cm³/mol. The van der Waals surface area contributed by atoms with Crippen LogP contribution in [0.2, 0.25) is 0 Å². The molecule has 0 unspecified atom stereocenters. The number of hydrogen-bond donors (Lipinski definition) is 2. The molecule has 0 rings (SSSR count). The predicted octanol–water partition coefficient (Wildman–Crippen LogP) is 2.07. The molecule has 0 aromatic carbocycles. The van der Waals surface area contributed by atoms with Crippen LogP contribution in [0, 0.1) is 0 Å². The fraction of sp³-hybridized carbons (Fsp3) is 0.429. The molecule has 9 heavy (non-hydrogen) atoms. The third-order valence-electron chi connectivity index (χ3n) is 1.10. The van der Waals surface area contributed by atoms with E-state index >= 15 is 0 Å². The molecule has 0 aromatic heterocycles. The van der Waals surface area contributed by atoms with Crippen LogP contribution in [-0.4, -0.2) is 0 Å². The lowest BCUT2D eigenvalue weighted by Crippen LogP contribution is -1.85. The average Bonchev–Trinajstić information content (AvgIpc) is 1.84. The Labute approximate surface area is 62.0 Å². The van der Waals surface area contributed by atoms with Crippen LogP contribution in [-0.2, 0) is 0 Å². The average molecular weight is 143 g/mol. The molecular formula is C7H13NS. The molecule has 0 saturated heterocycles. The number of rotatable bonds is 1. The van der Waals surface area contributed by atoms with Crippen molar-refractivity contribution in [2.75, 3.05) is 0 Å². The molecule has 0 saturated carbocycles. The first-order valence-corrected chi connectivity index (χ1v) is 3.29. The van der Waals surface area contributed by atoms with Crippen molar-refractivity contribution < 1.29 is 0 Å². The topological polar surface area (TPSA) is 26.0 Å². The van der Waals surface area contributed by atoms with Gasteiger partial charge in [0.25, 0.3) is 0 Å². The van der Waals surface area contributed by atoms with Crippen molar-refractivity contribution in [2.24, 2.45) is 5.73 Å². The van der Waals surface area contributed by atoms with Crippen LogP contribution in [0.1, 0.15) is 20.8 Å². The lowest BCUT2D eigenvalue weighted by Gasteiger charge is -1.99. The second kappa shape index (κ2) is 3.62. The molecule has 0 atom stereocenters. The lowest BCUT2D eigenvalue weighted by molar-refractivity contribution is 1.31. The third-order valence-corrected chi connectivity index (χ3v) is 1.90. The summed E-state index contributed by atoms with van der Waals surface area (Å²) < 4.78 is 0. The van der Waals surface area contributed by atoms with Crippen LogP contribution in [0.4, 0.5) is 0 Å². The fourth-order valence-electron chi connectivity index (χ4n) is 0.473. The summed E-state index contributed by atoms with van der Waals surface area (Å²) in [5, 5.41) is 0. The zero-order valence-corrected chi connectivity index (χ0v) is 7.00. The Morgan fingerprint density at radius 2 is 1.78 bits per heavy atom. The minimum Gasteiger partial charge on any atom is -0.404 e. The van der Waals surface area contributed by atoms with Gasteiger partial charge in [-0.05, 0) is 32.5 Å². The van der Waals surface area contributed by atoms with E-state index in [0.717, 1.165) is 10.5 Å². The molecule has 0 aromatic rings. The number of nitrogens with two attached hydrogens (primary N) is 1. The lowest BCUT2D eigenvalue weighted by atomic mass is 10.2. The Balaban J connectivity index is 4.40. The van der Waals surface area contributed by atoms with Gasteiger partial charge in [-0.15, -0.1) is 12.6 Å². The van der Waals surface area contributed by atoms with Crippen LogP contribution in [0.25, 0.3) is 0 Å². The van der Waals surface area contributed by atoms with E-state index in [4.69, 9.17) is 5.73 Å². The standard InChI is InChI=1S/C7H13NS/c1-5(2)7(9)6(3)4-8/h4,9H,8H2,1-3H3/b6-4-. The Kier molecular flexibility index (Phi) is 3.47. The van der Waals surface area contributed by atoms with Gasteiger partial charge in [-0.3, -0.25) is 0 Å². The van der Waals surface area contributed by atoms with Crippen LogP contribution in [0.3, 0.4) is 0 Å². The van der Waals surface area contributed by atoms with Crippen molar-refractivity contribution in [1.82, 2.24) is 0 Å². The smallest absolute Gasteiger partial charge is 0.00699 e. The van der Waals surface area contributed by atoms with Crippen LogP contribution in [0.15, 0.2) is 22.3 Å². The van der Waals surface area contributed by atoms with Gasteiger partial charge in [-0.1, -0.05) is 5.57 Å². The minimum absolute atomic E-state index is 0.984. The maximum atomic E-state index is 5.27. The summed E-state index contributed by atoms with van der Waals surface area (Å²) in [5.74, 6) is 0. The number of thiol groups is 1. The summed E-state index contributed by atoms with van der Waals surface area (Å²) in [7, 11) is 0. The van der Waals surface area contributed by atoms with E-state index in [2.05, 4.69) is 12.6 Å². The van der Waals surface area contributed by atoms with Crippen LogP contribution < -0.4 is 5.73 Å². The van der Waals surface area contributed by atoms with Gasteiger partial charge in [0, 0.05) is 4.91 Å². The number of hydrogen-bond acceptors (Lipinski definition) is 2. The van der Waals surface area contributed by atoms with Crippen molar-refractivity contribution >= 4 is 12.6 Å². The van der Waals surface area contributed by atoms with Gasteiger partial charge in [0.05, 0.1) is 0 Å². The Morgan fingerprint density at radius 3 is 1.89 bits per heavy atom. The summed E-state index contributed by atoms with van der Waals surface area (Å²) >= 11 is 4.23. The second-order valence-electron chi connectivity index (χ2n) is 2.20. The number of allylic oxidation sites excluding steroid dienone is 2. The molecule has 2 heteroatoms. The van der Waals surface area contributed by atoms with Gasteiger partial charge < -0.3 is 5.73 Å². The summed E-state index contributed by atoms with van der Waals surface area (Å²) in [5.41, 5.74) is 7.48. The first-order valence-electron chi connectivity index (χ1n) is 2.85. The summed E-state index contributed by atoms with van der Waals surface area (Å²) in [6.07, 6.45) is 1.56. The highest BCUT2D eigenvalue weighted by Crippen LogP contribution is 2.16. The molecule has 0 heterocycles. The van der Waals surface area contributed by atoms with Crippen molar-refractivity contribution in [3.05, 3.63) is 22.3 Å². The van der Waals surface area contributed by atoms with Gasteiger partial charge in [0.2, 0.25) is 0 Å². The highest BCUT2D eigenvalue weighted by Gasteiger charge is 1.93. The zero-order chi connectivity index (χ0) is 7.44. The molecule has 0 fully saturated rings. The fourth-order valence-corrected chi connectivity index (χ4v) is 0.548. The molecule has 2 N–H and O–H groups in total. The first kappa shape index (κ1) is 8.63. The molecule has 1 nitrogen and oxygen atoms in total. The molecule has 0 aliphatic carbocycles. The summed E-state index contributed by atoms with van der Waals surface area (Å²) in [6, 6.07) is 0. The molecule has 0 bridgehead atoms. The SMILES string of the molecule is CC(C)=C(S)/C(C)=C\N. The monoisotopic (exact) mass is 143 g/mol. The largest absolute Gasteiger partial charge is 0.404 e. The van der Waals surface area contributed by atoms with Gasteiger partial charge in [-0.2, -0.15) is 0 Å². The van der Waals surface area contributed by atoms with E-state index in [1.165, 1.54) is 5.57 Å². The van der Waals surface area contributed by atoms with E-state index in [1.807, 2.05) is 20.8 Å². The second-order valence-corrected chi connectivity index (χ2v) is 2.65. The normalized spacial score (nSPS) is 11.3. The van der Waals surface area contributed by atoms with Gasteiger partial charge in [-0.25, -0.2) is 0 Å². The maximum absolute atomic E-state index is 5.27. The van der Waals surface area contributed by atoms with E-state index < -0.39 is 0 Å². The van der Waals surface area contributed by atoms with Crippen molar-refractivity contribution in [3.8, 4) is 0 Å². The van der Waals surface area contributed by atoms with Gasteiger partial charge >= 0.3 is 0 Å². The molecule has 0 aliphatic heterocycles. The Bertz CT molecular complexity index is 152. The molecule has 0 aliphatic rings. The van der Waals surface area contributed by atoms with Crippen LogP contribution >= 0.6 is 12.6 Å². The highest BCUT2D eigenvalue weighted by atomic mass is 32.1. The zero-order valence-electron chi connectivity index (χ0n) is 6.10. The Morgan fingerprint density at radius 1 is 1.33 bits per heavy atom. The first-order chi connectivity index (χ1) is 4.09. The quantitative estimate of drug-likeness (QED) is 0.426.